The van der Waals surface area contributed by atoms with Crippen LogP contribution in [0.5, 0.6) is 0 Å². The van der Waals surface area contributed by atoms with Crippen LogP contribution in [-0.2, 0) is 12.8 Å². The summed E-state index contributed by atoms with van der Waals surface area (Å²) in [7, 11) is 0. The standard InChI is InChI=1S/C13H20N2/c1-2-6-10(7-3-1)13-11-8-4-5-9-12(11)14-15-13/h10H,1-9H2,(H,14,15). The van der Waals surface area contributed by atoms with Crippen molar-refractivity contribution >= 4 is 0 Å². The molecule has 1 N–H and O–H groups in total. The number of aromatic nitrogens is 2. The van der Waals surface area contributed by atoms with E-state index in [9.17, 15) is 0 Å². The number of fused-ring (bicyclic) bond motifs is 1. The molecule has 0 aromatic carbocycles. The normalized spacial score (nSPS) is 22.7. The first kappa shape index (κ1) is 9.44. The highest BCUT2D eigenvalue weighted by molar-refractivity contribution is 5.30. The van der Waals surface area contributed by atoms with Crippen molar-refractivity contribution < 1.29 is 0 Å². The number of nitrogens with zero attached hydrogens (tertiary/aromatic N) is 1. The van der Waals surface area contributed by atoms with Gasteiger partial charge in [0, 0.05) is 11.6 Å². The highest BCUT2D eigenvalue weighted by Gasteiger charge is 2.24. The zero-order valence-corrected chi connectivity index (χ0v) is 9.39. The molecular formula is C13H20N2. The average molecular weight is 204 g/mol. The maximum absolute atomic E-state index is 4.60. The van der Waals surface area contributed by atoms with Gasteiger partial charge in [-0.2, -0.15) is 5.10 Å². The third kappa shape index (κ3) is 1.70. The van der Waals surface area contributed by atoms with Gasteiger partial charge in [-0.3, -0.25) is 5.10 Å². The van der Waals surface area contributed by atoms with Crippen molar-refractivity contribution in [2.45, 2.75) is 63.7 Å². The second-order valence-corrected chi connectivity index (χ2v) is 5.11. The van der Waals surface area contributed by atoms with Crippen molar-refractivity contribution in [3.05, 3.63) is 17.0 Å². The van der Waals surface area contributed by atoms with Crippen LogP contribution in [0.25, 0.3) is 0 Å². The fourth-order valence-electron chi connectivity index (χ4n) is 3.22. The summed E-state index contributed by atoms with van der Waals surface area (Å²) in [6.45, 7) is 0. The topological polar surface area (TPSA) is 28.7 Å². The highest BCUT2D eigenvalue weighted by Crippen LogP contribution is 2.35. The van der Waals surface area contributed by atoms with Gasteiger partial charge in [-0.15, -0.1) is 0 Å². The number of aryl methyl sites for hydroxylation is 1. The molecule has 0 aliphatic heterocycles. The molecule has 2 nitrogen and oxygen atoms in total. The molecule has 0 spiro atoms. The number of nitrogens with one attached hydrogen (secondary N) is 1. The molecular weight excluding hydrogens is 184 g/mol. The number of hydrogen-bond donors (Lipinski definition) is 1. The van der Waals surface area contributed by atoms with Crippen molar-refractivity contribution in [2.75, 3.05) is 0 Å². The Bertz CT molecular complexity index is 334. The molecule has 0 radical (unpaired) electrons. The summed E-state index contributed by atoms with van der Waals surface area (Å²) < 4.78 is 0. The third-order valence-electron chi connectivity index (χ3n) is 4.08. The van der Waals surface area contributed by atoms with Crippen LogP contribution in [0.3, 0.4) is 0 Å². The summed E-state index contributed by atoms with van der Waals surface area (Å²) in [6, 6.07) is 0. The molecule has 2 aliphatic carbocycles. The Hall–Kier alpha value is -0.790. The molecule has 0 unspecified atom stereocenters. The van der Waals surface area contributed by atoms with Crippen LogP contribution in [0.15, 0.2) is 0 Å². The van der Waals surface area contributed by atoms with Crippen LogP contribution in [-0.4, -0.2) is 10.2 Å². The zero-order chi connectivity index (χ0) is 10.1. The van der Waals surface area contributed by atoms with Gasteiger partial charge in [-0.05, 0) is 44.1 Å². The number of hydrogen-bond acceptors (Lipinski definition) is 1. The van der Waals surface area contributed by atoms with Crippen LogP contribution in [0.4, 0.5) is 0 Å². The summed E-state index contributed by atoms with van der Waals surface area (Å²) in [5.41, 5.74) is 4.47. The first-order chi connectivity index (χ1) is 7.45. The van der Waals surface area contributed by atoms with E-state index in [-0.39, 0.29) is 0 Å². The van der Waals surface area contributed by atoms with E-state index >= 15 is 0 Å². The Kier molecular flexibility index (Phi) is 2.51. The Morgan fingerprint density at radius 3 is 2.60 bits per heavy atom. The number of rotatable bonds is 1. The van der Waals surface area contributed by atoms with Gasteiger partial charge in [0.15, 0.2) is 0 Å². The van der Waals surface area contributed by atoms with Gasteiger partial charge in [-0.25, -0.2) is 0 Å². The fraction of sp³-hybridized carbons (Fsp3) is 0.769. The van der Waals surface area contributed by atoms with Gasteiger partial charge in [-0.1, -0.05) is 19.3 Å². The van der Waals surface area contributed by atoms with Gasteiger partial charge >= 0.3 is 0 Å². The molecule has 2 heteroatoms. The molecule has 1 aromatic heterocycles. The Morgan fingerprint density at radius 1 is 0.933 bits per heavy atom. The smallest absolute Gasteiger partial charge is 0.0687 e. The minimum Gasteiger partial charge on any atom is -0.282 e. The van der Waals surface area contributed by atoms with Gasteiger partial charge < -0.3 is 0 Å². The molecule has 3 rings (SSSR count). The molecule has 1 saturated carbocycles. The van der Waals surface area contributed by atoms with Crippen LogP contribution in [0, 0.1) is 0 Å². The monoisotopic (exact) mass is 204 g/mol. The van der Waals surface area contributed by atoms with E-state index in [2.05, 4.69) is 10.2 Å². The molecule has 0 amide bonds. The van der Waals surface area contributed by atoms with Crippen molar-refractivity contribution in [1.82, 2.24) is 10.2 Å². The molecule has 1 fully saturated rings. The molecule has 2 aliphatic rings. The Labute approximate surface area is 91.5 Å². The minimum atomic E-state index is 0.775. The quantitative estimate of drug-likeness (QED) is 0.746. The van der Waals surface area contributed by atoms with E-state index in [1.807, 2.05) is 0 Å². The first-order valence-electron chi connectivity index (χ1n) is 6.51. The Balaban J connectivity index is 1.87. The van der Waals surface area contributed by atoms with Gasteiger partial charge in [0.05, 0.1) is 5.69 Å². The van der Waals surface area contributed by atoms with Crippen LogP contribution < -0.4 is 0 Å². The maximum Gasteiger partial charge on any atom is 0.0687 e. The van der Waals surface area contributed by atoms with E-state index < -0.39 is 0 Å². The predicted octanol–water partition coefficient (Wildman–Crippen LogP) is 3.34. The van der Waals surface area contributed by atoms with E-state index in [1.165, 1.54) is 69.2 Å². The lowest BCUT2D eigenvalue weighted by Gasteiger charge is -2.22. The molecule has 0 bridgehead atoms. The molecule has 0 saturated heterocycles. The molecule has 15 heavy (non-hydrogen) atoms. The largest absolute Gasteiger partial charge is 0.282 e. The second-order valence-electron chi connectivity index (χ2n) is 5.11. The zero-order valence-electron chi connectivity index (χ0n) is 9.39. The van der Waals surface area contributed by atoms with E-state index in [0.29, 0.717) is 0 Å². The summed E-state index contributed by atoms with van der Waals surface area (Å²) in [5, 5.41) is 7.87. The first-order valence-corrected chi connectivity index (χ1v) is 6.51. The lowest BCUT2D eigenvalue weighted by molar-refractivity contribution is 0.433. The summed E-state index contributed by atoms with van der Waals surface area (Å²) >= 11 is 0. The minimum absolute atomic E-state index is 0.775. The SMILES string of the molecule is C1CCC(c2n[nH]c3c2CCCC3)CC1. The third-order valence-corrected chi connectivity index (χ3v) is 4.08. The van der Waals surface area contributed by atoms with Crippen molar-refractivity contribution in [3.63, 3.8) is 0 Å². The van der Waals surface area contributed by atoms with E-state index in [1.54, 1.807) is 5.56 Å². The van der Waals surface area contributed by atoms with E-state index in [0.717, 1.165) is 5.92 Å². The van der Waals surface area contributed by atoms with Gasteiger partial charge in [0.2, 0.25) is 0 Å². The second kappa shape index (κ2) is 3.99. The predicted molar refractivity (Wildman–Crippen MR) is 61.1 cm³/mol. The van der Waals surface area contributed by atoms with Crippen molar-refractivity contribution in [1.29, 1.82) is 0 Å². The maximum atomic E-state index is 4.60. The van der Waals surface area contributed by atoms with Crippen LogP contribution >= 0.6 is 0 Å². The fourth-order valence-corrected chi connectivity index (χ4v) is 3.22. The molecule has 1 heterocycles. The number of aromatic amines is 1. The summed E-state index contributed by atoms with van der Waals surface area (Å²) in [5.74, 6) is 0.775. The molecule has 1 aromatic rings. The van der Waals surface area contributed by atoms with Gasteiger partial charge in [0.1, 0.15) is 0 Å². The molecule has 82 valence electrons. The lowest BCUT2D eigenvalue weighted by atomic mass is 9.83. The lowest BCUT2D eigenvalue weighted by Crippen LogP contribution is -2.09. The van der Waals surface area contributed by atoms with Crippen LogP contribution in [0.2, 0.25) is 0 Å². The summed E-state index contributed by atoms with van der Waals surface area (Å²) in [6.07, 6.45) is 12.2. The van der Waals surface area contributed by atoms with Crippen LogP contribution in [0.1, 0.15) is 67.8 Å². The van der Waals surface area contributed by atoms with Gasteiger partial charge in [0.25, 0.3) is 0 Å². The number of H-pyrrole nitrogens is 1. The van der Waals surface area contributed by atoms with E-state index in [4.69, 9.17) is 0 Å². The average Bonchev–Trinajstić information content (AvgIpc) is 2.74. The molecule has 0 atom stereocenters. The van der Waals surface area contributed by atoms with Crippen molar-refractivity contribution in [3.8, 4) is 0 Å². The summed E-state index contributed by atoms with van der Waals surface area (Å²) in [4.78, 5) is 0. The highest BCUT2D eigenvalue weighted by atomic mass is 15.1. The van der Waals surface area contributed by atoms with Crippen molar-refractivity contribution in [2.24, 2.45) is 0 Å². The Morgan fingerprint density at radius 2 is 1.73 bits per heavy atom.